The van der Waals surface area contributed by atoms with Crippen molar-refractivity contribution in [2.24, 2.45) is 0 Å². The number of anilines is 1. The zero-order valence-electron chi connectivity index (χ0n) is 8.80. The van der Waals surface area contributed by atoms with E-state index in [1.807, 2.05) is 0 Å². The van der Waals surface area contributed by atoms with Gasteiger partial charge < -0.3 is 10.4 Å². The summed E-state index contributed by atoms with van der Waals surface area (Å²) >= 11 is 0. The Morgan fingerprint density at radius 3 is 2.62 bits per heavy atom. The summed E-state index contributed by atoms with van der Waals surface area (Å²) in [6.07, 6.45) is 0. The number of nitrogens with one attached hydrogen (secondary N) is 1. The third kappa shape index (κ3) is 2.66. The number of nitro groups is 1. The van der Waals surface area contributed by atoms with Gasteiger partial charge in [-0.3, -0.25) is 10.1 Å². The molecule has 2 N–H and O–H groups in total. The van der Waals surface area contributed by atoms with Gasteiger partial charge in [0.25, 0.3) is 0 Å². The maximum absolute atomic E-state index is 10.7. The van der Waals surface area contributed by atoms with Gasteiger partial charge in [0.2, 0.25) is 5.82 Å². The van der Waals surface area contributed by atoms with Crippen LogP contribution in [0.15, 0.2) is 12.1 Å². The number of pyridine rings is 1. The second kappa shape index (κ2) is 4.56. The van der Waals surface area contributed by atoms with Crippen LogP contribution >= 0.6 is 0 Å². The van der Waals surface area contributed by atoms with Gasteiger partial charge in [-0.05, 0) is 19.9 Å². The summed E-state index contributed by atoms with van der Waals surface area (Å²) in [5.74, 6) is -1.25. The molecule has 1 rings (SSSR count). The van der Waals surface area contributed by atoms with Crippen LogP contribution in [-0.2, 0) is 0 Å². The van der Waals surface area contributed by atoms with Gasteiger partial charge in [0.15, 0.2) is 5.69 Å². The third-order valence-electron chi connectivity index (χ3n) is 1.72. The normalized spacial score (nSPS) is 10.2. The van der Waals surface area contributed by atoms with Gasteiger partial charge in [0.05, 0.1) is 4.92 Å². The Balaban J connectivity index is 3.21. The molecule has 1 heterocycles. The smallest absolute Gasteiger partial charge is 0.354 e. The predicted molar refractivity (Wildman–Crippen MR) is 56.6 cm³/mol. The van der Waals surface area contributed by atoms with Crippen LogP contribution < -0.4 is 5.32 Å². The summed E-state index contributed by atoms with van der Waals surface area (Å²) in [6, 6.07) is 2.16. The first-order valence-electron chi connectivity index (χ1n) is 4.57. The van der Waals surface area contributed by atoms with Crippen LogP contribution in [0.2, 0.25) is 0 Å². The van der Waals surface area contributed by atoms with Gasteiger partial charge in [-0.2, -0.15) is 0 Å². The summed E-state index contributed by atoms with van der Waals surface area (Å²) in [4.78, 5) is 24.4. The van der Waals surface area contributed by atoms with E-state index in [0.717, 1.165) is 12.1 Å². The van der Waals surface area contributed by atoms with Gasteiger partial charge in [-0.15, -0.1) is 0 Å². The van der Waals surface area contributed by atoms with E-state index >= 15 is 0 Å². The van der Waals surface area contributed by atoms with E-state index in [9.17, 15) is 14.9 Å². The molecule has 7 heteroatoms. The van der Waals surface area contributed by atoms with E-state index in [1.165, 1.54) is 0 Å². The fourth-order valence-electron chi connectivity index (χ4n) is 1.10. The molecule has 86 valence electrons. The van der Waals surface area contributed by atoms with Crippen molar-refractivity contribution < 1.29 is 14.8 Å². The van der Waals surface area contributed by atoms with Gasteiger partial charge in [-0.1, -0.05) is 0 Å². The Morgan fingerprint density at radius 2 is 2.19 bits per heavy atom. The maximum Gasteiger partial charge on any atom is 0.354 e. The second-order valence-electron chi connectivity index (χ2n) is 3.43. The van der Waals surface area contributed by atoms with Crippen molar-refractivity contribution in [3.63, 3.8) is 0 Å². The lowest BCUT2D eigenvalue weighted by Crippen LogP contribution is -2.14. The highest BCUT2D eigenvalue weighted by atomic mass is 16.6. The standard InChI is InChI=1S/C9H11N3O4/c1-5(2)10-8-7(12(15)16)4-3-6(11-8)9(13)14/h3-5H,1-2H3,(H,10,11)(H,13,14). The predicted octanol–water partition coefficient (Wildman–Crippen LogP) is 1.51. The van der Waals surface area contributed by atoms with Gasteiger partial charge in [0.1, 0.15) is 0 Å². The molecule has 0 saturated carbocycles. The summed E-state index contributed by atoms with van der Waals surface area (Å²) < 4.78 is 0. The Kier molecular flexibility index (Phi) is 3.39. The first kappa shape index (κ1) is 11.9. The van der Waals surface area contributed by atoms with E-state index in [1.54, 1.807) is 13.8 Å². The van der Waals surface area contributed by atoms with Crippen LogP contribution in [0.1, 0.15) is 24.3 Å². The van der Waals surface area contributed by atoms with Crippen molar-refractivity contribution >= 4 is 17.5 Å². The number of carbonyl (C=O) groups is 1. The number of carboxylic acid groups (broad SMARTS) is 1. The van der Waals surface area contributed by atoms with Gasteiger partial charge >= 0.3 is 11.7 Å². The quantitative estimate of drug-likeness (QED) is 0.594. The molecule has 0 aromatic carbocycles. The Bertz CT molecular complexity index is 431. The van der Waals surface area contributed by atoms with Crippen molar-refractivity contribution in [2.45, 2.75) is 19.9 Å². The van der Waals surface area contributed by atoms with E-state index in [2.05, 4.69) is 10.3 Å². The molecular formula is C9H11N3O4. The lowest BCUT2D eigenvalue weighted by atomic mass is 10.3. The summed E-state index contributed by atoms with van der Waals surface area (Å²) in [7, 11) is 0. The Morgan fingerprint density at radius 1 is 1.56 bits per heavy atom. The third-order valence-corrected chi connectivity index (χ3v) is 1.72. The monoisotopic (exact) mass is 225 g/mol. The van der Waals surface area contributed by atoms with E-state index in [0.29, 0.717) is 0 Å². The molecule has 0 atom stereocenters. The van der Waals surface area contributed by atoms with Gasteiger partial charge in [-0.25, -0.2) is 9.78 Å². The summed E-state index contributed by atoms with van der Waals surface area (Å²) in [5, 5.41) is 22.1. The minimum atomic E-state index is -1.22. The summed E-state index contributed by atoms with van der Waals surface area (Å²) in [6.45, 7) is 3.55. The van der Waals surface area contributed by atoms with E-state index in [-0.39, 0.29) is 23.2 Å². The fourth-order valence-corrected chi connectivity index (χ4v) is 1.10. The lowest BCUT2D eigenvalue weighted by Gasteiger charge is -2.09. The average molecular weight is 225 g/mol. The number of aromatic nitrogens is 1. The largest absolute Gasteiger partial charge is 0.477 e. The highest BCUT2D eigenvalue weighted by Gasteiger charge is 2.18. The number of rotatable bonds is 4. The van der Waals surface area contributed by atoms with Crippen LogP contribution in [0.25, 0.3) is 0 Å². The van der Waals surface area contributed by atoms with Crippen molar-refractivity contribution in [2.75, 3.05) is 5.32 Å². The zero-order chi connectivity index (χ0) is 12.3. The van der Waals surface area contributed by atoms with Gasteiger partial charge in [0, 0.05) is 12.1 Å². The molecule has 0 unspecified atom stereocenters. The SMILES string of the molecule is CC(C)Nc1nc(C(=O)O)ccc1[N+](=O)[O-]. The van der Waals surface area contributed by atoms with Crippen LogP contribution in [-0.4, -0.2) is 27.0 Å². The zero-order valence-corrected chi connectivity index (χ0v) is 8.80. The molecule has 7 nitrogen and oxygen atoms in total. The first-order chi connectivity index (χ1) is 7.41. The van der Waals surface area contributed by atoms with Crippen molar-refractivity contribution in [3.05, 3.63) is 27.9 Å². The molecule has 0 bridgehead atoms. The molecular weight excluding hydrogens is 214 g/mol. The maximum atomic E-state index is 10.7. The topological polar surface area (TPSA) is 105 Å². The van der Waals surface area contributed by atoms with Crippen molar-refractivity contribution in [3.8, 4) is 0 Å². The molecule has 0 radical (unpaired) electrons. The van der Waals surface area contributed by atoms with Crippen LogP contribution in [0, 0.1) is 10.1 Å². The van der Waals surface area contributed by atoms with Crippen LogP contribution in [0.5, 0.6) is 0 Å². The van der Waals surface area contributed by atoms with E-state index in [4.69, 9.17) is 5.11 Å². The van der Waals surface area contributed by atoms with E-state index < -0.39 is 10.9 Å². The molecule has 0 amide bonds. The fraction of sp³-hybridized carbons (Fsp3) is 0.333. The Hall–Kier alpha value is -2.18. The molecule has 0 spiro atoms. The highest BCUT2D eigenvalue weighted by Crippen LogP contribution is 2.22. The molecule has 0 aliphatic rings. The minimum absolute atomic E-state index is 0.0279. The number of carboxylic acids is 1. The molecule has 0 aliphatic carbocycles. The molecule has 1 aromatic heterocycles. The molecule has 0 saturated heterocycles. The molecule has 1 aromatic rings. The number of aromatic carboxylic acids is 1. The summed E-state index contributed by atoms with van der Waals surface area (Å²) in [5.41, 5.74) is -0.465. The molecule has 16 heavy (non-hydrogen) atoms. The van der Waals surface area contributed by atoms with Crippen LogP contribution in [0.3, 0.4) is 0 Å². The minimum Gasteiger partial charge on any atom is -0.477 e. The lowest BCUT2D eigenvalue weighted by molar-refractivity contribution is -0.384. The second-order valence-corrected chi connectivity index (χ2v) is 3.43. The first-order valence-corrected chi connectivity index (χ1v) is 4.57. The number of hydrogen-bond acceptors (Lipinski definition) is 5. The van der Waals surface area contributed by atoms with Crippen LogP contribution in [0.4, 0.5) is 11.5 Å². The Labute approximate surface area is 91.3 Å². The highest BCUT2D eigenvalue weighted by molar-refractivity contribution is 5.86. The molecule has 0 aliphatic heterocycles. The number of hydrogen-bond donors (Lipinski definition) is 2. The van der Waals surface area contributed by atoms with Crippen molar-refractivity contribution in [1.29, 1.82) is 0 Å². The average Bonchev–Trinajstić information content (AvgIpc) is 2.15. The number of nitrogens with zero attached hydrogens (tertiary/aromatic N) is 2. The van der Waals surface area contributed by atoms with Crippen molar-refractivity contribution in [1.82, 2.24) is 4.98 Å². The molecule has 0 fully saturated rings.